The molecule has 0 saturated heterocycles. The number of ether oxygens (including phenoxy) is 1. The van der Waals surface area contributed by atoms with E-state index in [-0.39, 0.29) is 6.61 Å². The van der Waals surface area contributed by atoms with Gasteiger partial charge >= 0.3 is 5.97 Å². The van der Waals surface area contributed by atoms with Gasteiger partial charge in [-0.15, -0.1) is 32.9 Å². The van der Waals surface area contributed by atoms with E-state index in [4.69, 9.17) is 10.5 Å². The fourth-order valence-corrected chi connectivity index (χ4v) is 5.84. The number of hydrogen-bond donors (Lipinski definition) is 1. The SMILES string of the molecule is CCOC(=O)c1sc(N)c(C#N)c1CSc1nnc(-c2cccs2)n1Cc1ccccc1. The summed E-state index contributed by atoms with van der Waals surface area (Å²) >= 11 is 4.10. The molecular weight excluding hydrogens is 462 g/mol. The summed E-state index contributed by atoms with van der Waals surface area (Å²) in [5.74, 6) is 0.663. The number of nitrogen functional groups attached to an aromatic ring is 1. The molecule has 1 aromatic carbocycles. The topological polar surface area (TPSA) is 107 Å². The van der Waals surface area contributed by atoms with Crippen molar-refractivity contribution in [1.29, 1.82) is 5.26 Å². The van der Waals surface area contributed by atoms with Crippen molar-refractivity contribution in [3.8, 4) is 16.8 Å². The fourth-order valence-electron chi connectivity index (χ4n) is 3.14. The molecule has 4 aromatic rings. The number of nitriles is 1. The van der Waals surface area contributed by atoms with E-state index in [0.29, 0.717) is 38.5 Å². The highest BCUT2D eigenvalue weighted by atomic mass is 32.2. The Labute approximate surface area is 197 Å². The summed E-state index contributed by atoms with van der Waals surface area (Å²) < 4.78 is 7.21. The van der Waals surface area contributed by atoms with E-state index in [0.717, 1.165) is 27.6 Å². The zero-order chi connectivity index (χ0) is 22.5. The van der Waals surface area contributed by atoms with Crippen LogP contribution in [-0.4, -0.2) is 27.3 Å². The van der Waals surface area contributed by atoms with Crippen LogP contribution in [0.5, 0.6) is 0 Å². The van der Waals surface area contributed by atoms with Gasteiger partial charge in [-0.3, -0.25) is 4.57 Å². The maximum atomic E-state index is 12.4. The lowest BCUT2D eigenvalue weighted by atomic mass is 10.2. The standard InChI is InChI=1S/C22H19N5O2S3/c1-2-29-21(28)18-16(15(11-23)19(24)32-18)13-31-22-26-25-20(17-9-6-10-30-17)27(22)12-14-7-4-3-5-8-14/h3-10H,2,12-13,24H2,1H3. The van der Waals surface area contributed by atoms with Gasteiger partial charge in [0.05, 0.1) is 23.6 Å². The van der Waals surface area contributed by atoms with Gasteiger partial charge in [-0.1, -0.05) is 48.2 Å². The Hall–Kier alpha value is -3.13. The lowest BCUT2D eigenvalue weighted by molar-refractivity contribution is 0.0531. The third-order valence-corrected chi connectivity index (χ3v) is 7.49. The van der Waals surface area contributed by atoms with Gasteiger partial charge in [0.1, 0.15) is 15.9 Å². The molecule has 3 aromatic heterocycles. The molecule has 0 amide bonds. The third-order valence-electron chi connectivity index (χ3n) is 4.59. The van der Waals surface area contributed by atoms with E-state index >= 15 is 0 Å². The molecule has 32 heavy (non-hydrogen) atoms. The maximum Gasteiger partial charge on any atom is 0.348 e. The second-order valence-electron chi connectivity index (χ2n) is 6.63. The van der Waals surface area contributed by atoms with Crippen molar-refractivity contribution >= 4 is 45.4 Å². The average molecular weight is 482 g/mol. The minimum atomic E-state index is -0.466. The number of nitrogens with zero attached hydrogens (tertiary/aromatic N) is 4. The number of thioether (sulfide) groups is 1. The summed E-state index contributed by atoms with van der Waals surface area (Å²) in [5.41, 5.74) is 8.02. The summed E-state index contributed by atoms with van der Waals surface area (Å²) in [7, 11) is 0. The minimum absolute atomic E-state index is 0.251. The van der Waals surface area contributed by atoms with Crippen molar-refractivity contribution < 1.29 is 9.53 Å². The van der Waals surface area contributed by atoms with Crippen LogP contribution in [0, 0.1) is 11.3 Å². The molecule has 0 saturated carbocycles. The molecule has 0 aliphatic carbocycles. The highest BCUT2D eigenvalue weighted by Gasteiger charge is 2.24. The summed E-state index contributed by atoms with van der Waals surface area (Å²) in [4.78, 5) is 13.8. The molecule has 0 bridgehead atoms. The number of anilines is 1. The molecule has 4 rings (SSSR count). The molecule has 3 heterocycles. The van der Waals surface area contributed by atoms with Crippen LogP contribution in [0.1, 0.15) is 33.3 Å². The molecule has 10 heteroatoms. The maximum absolute atomic E-state index is 12.4. The quantitative estimate of drug-likeness (QED) is 0.277. The predicted octanol–water partition coefficient (Wildman–Crippen LogP) is 5.04. The van der Waals surface area contributed by atoms with Gasteiger partial charge < -0.3 is 10.5 Å². The summed E-state index contributed by atoms with van der Waals surface area (Å²) in [5, 5.41) is 21.4. The number of aromatic nitrogens is 3. The highest BCUT2D eigenvalue weighted by molar-refractivity contribution is 7.98. The first-order chi connectivity index (χ1) is 15.6. The first-order valence-corrected chi connectivity index (χ1v) is 12.4. The number of esters is 1. The van der Waals surface area contributed by atoms with Crippen molar-refractivity contribution in [3.05, 3.63) is 69.4 Å². The first kappa shape index (κ1) is 22.1. The molecule has 0 aliphatic heterocycles. The summed E-state index contributed by atoms with van der Waals surface area (Å²) in [6.45, 7) is 2.60. The van der Waals surface area contributed by atoms with E-state index in [1.165, 1.54) is 11.8 Å². The van der Waals surface area contributed by atoms with Crippen molar-refractivity contribution in [2.24, 2.45) is 0 Å². The van der Waals surface area contributed by atoms with Gasteiger partial charge in [0.2, 0.25) is 0 Å². The number of benzene rings is 1. The van der Waals surface area contributed by atoms with Crippen LogP contribution in [0.15, 0.2) is 53.0 Å². The molecular formula is C22H19N5O2S3. The minimum Gasteiger partial charge on any atom is -0.462 e. The van der Waals surface area contributed by atoms with E-state index in [2.05, 4.69) is 33.0 Å². The van der Waals surface area contributed by atoms with Gasteiger partial charge in [-0.2, -0.15) is 5.26 Å². The van der Waals surface area contributed by atoms with Crippen LogP contribution in [0.25, 0.3) is 10.7 Å². The molecule has 0 radical (unpaired) electrons. The molecule has 0 aliphatic rings. The Bertz CT molecular complexity index is 1260. The molecule has 2 N–H and O–H groups in total. The Morgan fingerprint density at radius 3 is 2.75 bits per heavy atom. The highest BCUT2D eigenvalue weighted by Crippen LogP contribution is 2.36. The normalized spacial score (nSPS) is 10.8. The van der Waals surface area contributed by atoms with Crippen LogP contribution in [0.3, 0.4) is 0 Å². The zero-order valence-corrected chi connectivity index (χ0v) is 19.6. The number of nitrogens with two attached hydrogens (primary N) is 1. The lowest BCUT2D eigenvalue weighted by Gasteiger charge is -2.10. The monoisotopic (exact) mass is 481 g/mol. The zero-order valence-electron chi connectivity index (χ0n) is 17.1. The smallest absolute Gasteiger partial charge is 0.348 e. The van der Waals surface area contributed by atoms with Gasteiger partial charge in [0.15, 0.2) is 11.0 Å². The molecule has 0 atom stereocenters. The van der Waals surface area contributed by atoms with Crippen molar-refractivity contribution in [2.45, 2.75) is 24.4 Å². The molecule has 7 nitrogen and oxygen atoms in total. The predicted molar refractivity (Wildman–Crippen MR) is 128 cm³/mol. The fraction of sp³-hybridized carbons (Fsp3) is 0.182. The van der Waals surface area contributed by atoms with Crippen molar-refractivity contribution in [2.75, 3.05) is 12.3 Å². The van der Waals surface area contributed by atoms with Crippen LogP contribution in [-0.2, 0) is 17.0 Å². The van der Waals surface area contributed by atoms with Crippen molar-refractivity contribution in [1.82, 2.24) is 14.8 Å². The van der Waals surface area contributed by atoms with Gasteiger partial charge in [0.25, 0.3) is 0 Å². The summed E-state index contributed by atoms with van der Waals surface area (Å²) in [6, 6.07) is 16.2. The van der Waals surface area contributed by atoms with Gasteiger partial charge in [-0.25, -0.2) is 4.79 Å². The Balaban J connectivity index is 1.67. The number of carbonyl (C=O) groups is 1. The molecule has 0 spiro atoms. The number of thiophene rings is 2. The third kappa shape index (κ3) is 4.55. The lowest BCUT2D eigenvalue weighted by Crippen LogP contribution is -2.06. The van der Waals surface area contributed by atoms with E-state index in [1.54, 1.807) is 18.3 Å². The second-order valence-corrected chi connectivity index (χ2v) is 9.57. The Morgan fingerprint density at radius 2 is 2.06 bits per heavy atom. The van der Waals surface area contributed by atoms with Gasteiger partial charge in [0, 0.05) is 11.3 Å². The van der Waals surface area contributed by atoms with Crippen LogP contribution in [0.4, 0.5) is 5.00 Å². The molecule has 0 unspecified atom stereocenters. The van der Waals surface area contributed by atoms with Crippen LogP contribution < -0.4 is 5.73 Å². The van der Waals surface area contributed by atoms with E-state index in [9.17, 15) is 10.1 Å². The van der Waals surface area contributed by atoms with Crippen molar-refractivity contribution in [3.63, 3.8) is 0 Å². The number of hydrogen-bond acceptors (Lipinski definition) is 9. The Morgan fingerprint density at radius 1 is 1.25 bits per heavy atom. The van der Waals surface area contributed by atoms with Gasteiger partial charge in [-0.05, 0) is 23.9 Å². The molecule has 162 valence electrons. The average Bonchev–Trinajstić information content (AvgIpc) is 3.52. The van der Waals surface area contributed by atoms with Crippen LogP contribution >= 0.6 is 34.4 Å². The summed E-state index contributed by atoms with van der Waals surface area (Å²) in [6.07, 6.45) is 0. The largest absolute Gasteiger partial charge is 0.462 e. The second kappa shape index (κ2) is 9.99. The Kier molecular flexibility index (Phi) is 6.90. The number of rotatable bonds is 8. The first-order valence-electron chi connectivity index (χ1n) is 9.74. The molecule has 0 fully saturated rings. The van der Waals surface area contributed by atoms with E-state index < -0.39 is 5.97 Å². The van der Waals surface area contributed by atoms with Crippen LogP contribution in [0.2, 0.25) is 0 Å². The number of carbonyl (C=O) groups excluding carboxylic acids is 1. The van der Waals surface area contributed by atoms with E-state index in [1.807, 2.05) is 35.7 Å².